The van der Waals surface area contributed by atoms with E-state index in [-0.39, 0.29) is 27.6 Å². The molecule has 0 saturated heterocycles. The molecule has 9 heavy (non-hydrogen) atoms. The third-order valence-electron chi connectivity index (χ3n) is 0.692. The van der Waals surface area contributed by atoms with Gasteiger partial charge in [-0.05, 0) is 6.54 Å². The molecule has 0 radical (unpaired) electrons. The third kappa shape index (κ3) is 7.08. The smallest absolute Gasteiger partial charge is 0.181 e. The van der Waals surface area contributed by atoms with Crippen molar-refractivity contribution in [2.45, 2.75) is 11.4 Å². The predicted molar refractivity (Wildman–Crippen MR) is 37.2 cm³/mol. The van der Waals surface area contributed by atoms with Crippen LogP contribution in [0.25, 0.3) is 0 Å². The average Bonchev–Trinajstić information content (AvgIpc) is 1.67. The zero-order valence-electron chi connectivity index (χ0n) is 5.06. The minimum absolute atomic E-state index is 0. The SMILES string of the molecule is CCNC(Cl)(Cl)CN.[Pt]. The molecule has 0 aromatic rings. The molecule has 0 unspecified atom stereocenters. The zero-order valence-corrected chi connectivity index (χ0v) is 8.85. The number of nitrogens with one attached hydrogen (secondary N) is 1. The number of hydrogen-bond acceptors (Lipinski definition) is 2. The molecule has 0 bridgehead atoms. The maximum Gasteiger partial charge on any atom is 0.181 e. The summed E-state index contributed by atoms with van der Waals surface area (Å²) in [5, 5.41) is 2.78. The van der Waals surface area contributed by atoms with Crippen molar-refractivity contribution in [3.8, 4) is 0 Å². The molecule has 0 aliphatic heterocycles. The summed E-state index contributed by atoms with van der Waals surface area (Å²) in [5.74, 6) is 0. The van der Waals surface area contributed by atoms with E-state index in [4.69, 9.17) is 28.9 Å². The molecule has 0 saturated carbocycles. The number of likely N-dealkylation sites (N-methyl/N-ethyl adjacent to an activating group) is 1. The Morgan fingerprint density at radius 3 is 2.11 bits per heavy atom. The molecule has 0 spiro atoms. The molecule has 0 rings (SSSR count). The Morgan fingerprint density at radius 1 is 1.56 bits per heavy atom. The minimum atomic E-state index is -0.936. The van der Waals surface area contributed by atoms with Crippen LogP contribution in [0.5, 0.6) is 0 Å². The third-order valence-corrected chi connectivity index (χ3v) is 1.27. The quantitative estimate of drug-likeness (QED) is 0.579. The summed E-state index contributed by atoms with van der Waals surface area (Å²) < 4.78 is -0.936. The fourth-order valence-corrected chi connectivity index (χ4v) is 0.598. The number of hydrogen-bond donors (Lipinski definition) is 2. The molecule has 0 amide bonds. The summed E-state index contributed by atoms with van der Waals surface area (Å²) in [4.78, 5) is 0. The van der Waals surface area contributed by atoms with Gasteiger partial charge in [0.05, 0.1) is 0 Å². The Morgan fingerprint density at radius 2 is 2.00 bits per heavy atom. The molecule has 0 heterocycles. The summed E-state index contributed by atoms with van der Waals surface area (Å²) in [7, 11) is 0. The molecule has 0 aliphatic carbocycles. The fraction of sp³-hybridized carbons (Fsp3) is 1.00. The Kier molecular flexibility index (Phi) is 8.46. The second-order valence-corrected chi connectivity index (χ2v) is 2.92. The molecule has 0 aliphatic rings. The van der Waals surface area contributed by atoms with Gasteiger partial charge in [-0.2, -0.15) is 0 Å². The number of alkyl halides is 2. The molecule has 0 aromatic heterocycles. The Balaban J connectivity index is 0. The van der Waals surface area contributed by atoms with Gasteiger partial charge in [-0.25, -0.2) is 0 Å². The van der Waals surface area contributed by atoms with E-state index in [2.05, 4.69) is 5.32 Å². The van der Waals surface area contributed by atoms with Crippen LogP contribution in [0, 0.1) is 0 Å². The Bertz CT molecular complexity index is 69.6. The standard InChI is InChI=1S/C4H10Cl2N2.Pt/c1-2-8-4(5,6)3-7;/h8H,2-3,7H2,1H3;. The summed E-state index contributed by atoms with van der Waals surface area (Å²) in [6, 6.07) is 0. The molecule has 0 aromatic carbocycles. The van der Waals surface area contributed by atoms with E-state index in [0.717, 1.165) is 6.54 Å². The number of halogens is 2. The van der Waals surface area contributed by atoms with Crippen LogP contribution in [-0.4, -0.2) is 17.5 Å². The summed E-state index contributed by atoms with van der Waals surface area (Å²) >= 11 is 11.1. The largest absolute Gasteiger partial charge is 0.327 e. The van der Waals surface area contributed by atoms with Crippen molar-refractivity contribution in [1.29, 1.82) is 0 Å². The van der Waals surface area contributed by atoms with Crippen LogP contribution in [0.2, 0.25) is 0 Å². The van der Waals surface area contributed by atoms with Crippen LogP contribution < -0.4 is 11.1 Å². The normalized spacial score (nSPS) is 10.7. The molecule has 5 heteroatoms. The van der Waals surface area contributed by atoms with E-state index < -0.39 is 4.46 Å². The van der Waals surface area contributed by atoms with E-state index in [1.807, 2.05) is 6.92 Å². The van der Waals surface area contributed by atoms with Crippen molar-refractivity contribution in [2.24, 2.45) is 5.73 Å². The summed E-state index contributed by atoms with van der Waals surface area (Å²) in [6.07, 6.45) is 0. The average molecular weight is 352 g/mol. The van der Waals surface area contributed by atoms with Crippen LogP contribution in [0.4, 0.5) is 0 Å². The molecule has 3 N–H and O–H groups in total. The van der Waals surface area contributed by atoms with Gasteiger partial charge in [-0.15, -0.1) is 0 Å². The van der Waals surface area contributed by atoms with Crippen molar-refractivity contribution < 1.29 is 21.1 Å². The Hall–Kier alpha value is 1.19. The van der Waals surface area contributed by atoms with Gasteiger partial charge >= 0.3 is 0 Å². The second-order valence-electron chi connectivity index (χ2n) is 1.44. The van der Waals surface area contributed by atoms with E-state index in [0.29, 0.717) is 0 Å². The van der Waals surface area contributed by atoms with E-state index >= 15 is 0 Å². The van der Waals surface area contributed by atoms with Crippen molar-refractivity contribution in [2.75, 3.05) is 13.1 Å². The minimum Gasteiger partial charge on any atom is -0.327 e. The van der Waals surface area contributed by atoms with Gasteiger partial charge < -0.3 is 5.73 Å². The van der Waals surface area contributed by atoms with Gasteiger partial charge in [-0.3, -0.25) is 5.32 Å². The van der Waals surface area contributed by atoms with Crippen molar-refractivity contribution in [1.82, 2.24) is 5.32 Å². The first kappa shape index (κ1) is 12.8. The van der Waals surface area contributed by atoms with Gasteiger partial charge in [0, 0.05) is 27.6 Å². The van der Waals surface area contributed by atoms with Crippen LogP contribution >= 0.6 is 23.2 Å². The monoisotopic (exact) mass is 351 g/mol. The fourth-order valence-electron chi connectivity index (χ4n) is 0.331. The van der Waals surface area contributed by atoms with Crippen LogP contribution in [0.15, 0.2) is 0 Å². The van der Waals surface area contributed by atoms with Crippen molar-refractivity contribution in [3.63, 3.8) is 0 Å². The maximum absolute atomic E-state index is 5.55. The van der Waals surface area contributed by atoms with Crippen molar-refractivity contribution in [3.05, 3.63) is 0 Å². The first-order valence-corrected chi connectivity index (χ1v) is 3.21. The van der Waals surface area contributed by atoms with Crippen LogP contribution in [0.1, 0.15) is 6.92 Å². The molecule has 60 valence electrons. The summed E-state index contributed by atoms with van der Waals surface area (Å²) in [5.41, 5.74) is 5.17. The topological polar surface area (TPSA) is 38.0 Å². The van der Waals surface area contributed by atoms with E-state index in [9.17, 15) is 0 Å². The Labute approximate surface area is 79.7 Å². The maximum atomic E-state index is 5.55. The molecule has 0 fully saturated rings. The van der Waals surface area contributed by atoms with Gasteiger partial charge in [0.2, 0.25) is 0 Å². The molecular weight excluding hydrogens is 342 g/mol. The van der Waals surface area contributed by atoms with Crippen LogP contribution in [-0.2, 0) is 21.1 Å². The zero-order chi connectivity index (χ0) is 6.62. The molecule has 2 nitrogen and oxygen atoms in total. The van der Waals surface area contributed by atoms with Gasteiger partial charge in [0.15, 0.2) is 4.46 Å². The molecular formula is C4H10Cl2N2Pt. The number of rotatable bonds is 3. The van der Waals surface area contributed by atoms with Crippen molar-refractivity contribution >= 4 is 23.2 Å². The van der Waals surface area contributed by atoms with E-state index in [1.54, 1.807) is 0 Å². The van der Waals surface area contributed by atoms with Gasteiger partial charge in [-0.1, -0.05) is 30.1 Å². The van der Waals surface area contributed by atoms with E-state index in [1.165, 1.54) is 0 Å². The van der Waals surface area contributed by atoms with Gasteiger partial charge in [0.1, 0.15) is 0 Å². The number of nitrogens with two attached hydrogens (primary N) is 1. The molecule has 0 atom stereocenters. The first-order valence-electron chi connectivity index (χ1n) is 2.45. The first-order chi connectivity index (χ1) is 3.62. The summed E-state index contributed by atoms with van der Waals surface area (Å²) in [6.45, 7) is 2.86. The van der Waals surface area contributed by atoms with Crippen LogP contribution in [0.3, 0.4) is 0 Å². The second kappa shape index (κ2) is 5.93. The van der Waals surface area contributed by atoms with Gasteiger partial charge in [0.25, 0.3) is 0 Å². The predicted octanol–water partition coefficient (Wildman–Crippen LogP) is 0.684.